The molecular weight excluding hydrogens is 529 g/mol. The molecule has 0 bridgehead atoms. The number of nitrogens with zero attached hydrogens (tertiary/aromatic N) is 2. The van der Waals surface area contributed by atoms with E-state index < -0.39 is 22.0 Å². The smallest absolute Gasteiger partial charge is 0.244 e. The average Bonchev–Trinajstić information content (AvgIpc) is 2.75. The topological polar surface area (TPSA) is 86.8 Å². The van der Waals surface area contributed by atoms with Gasteiger partial charge in [-0.3, -0.25) is 13.9 Å². The summed E-state index contributed by atoms with van der Waals surface area (Å²) >= 11 is 2.13. The van der Waals surface area contributed by atoms with E-state index in [1.807, 2.05) is 37.3 Å². The number of carbonyl (C=O) groups is 2. The van der Waals surface area contributed by atoms with Gasteiger partial charge in [0.2, 0.25) is 21.8 Å². The van der Waals surface area contributed by atoms with Crippen LogP contribution in [-0.2, 0) is 26.0 Å². The van der Waals surface area contributed by atoms with Crippen molar-refractivity contribution in [3.8, 4) is 0 Å². The molecule has 0 fully saturated rings. The van der Waals surface area contributed by atoms with Crippen LogP contribution in [0.2, 0.25) is 0 Å². The van der Waals surface area contributed by atoms with Gasteiger partial charge in [0.15, 0.2) is 0 Å². The second-order valence-corrected chi connectivity index (χ2v) is 10.3. The Morgan fingerprint density at radius 2 is 1.68 bits per heavy atom. The van der Waals surface area contributed by atoms with Crippen molar-refractivity contribution in [1.29, 1.82) is 0 Å². The molecule has 1 atom stereocenters. The zero-order valence-corrected chi connectivity index (χ0v) is 20.9. The summed E-state index contributed by atoms with van der Waals surface area (Å²) < 4.78 is 27.0. The van der Waals surface area contributed by atoms with Crippen LogP contribution in [0.15, 0.2) is 54.6 Å². The van der Waals surface area contributed by atoms with Gasteiger partial charge in [-0.1, -0.05) is 37.3 Å². The van der Waals surface area contributed by atoms with Gasteiger partial charge in [-0.15, -0.1) is 0 Å². The first kappa shape index (κ1) is 25.1. The maximum atomic E-state index is 13.3. The second kappa shape index (κ2) is 11.5. The summed E-state index contributed by atoms with van der Waals surface area (Å²) in [5.41, 5.74) is 1.44. The van der Waals surface area contributed by atoms with Crippen LogP contribution in [0.5, 0.6) is 0 Å². The number of hydrogen-bond acceptors (Lipinski definition) is 4. The van der Waals surface area contributed by atoms with Gasteiger partial charge in [-0.2, -0.15) is 0 Å². The van der Waals surface area contributed by atoms with Crippen molar-refractivity contribution in [2.24, 2.45) is 0 Å². The summed E-state index contributed by atoms with van der Waals surface area (Å²) in [6.07, 6.45) is 2.05. The molecule has 1 N–H and O–H groups in total. The third-order valence-corrected chi connectivity index (χ3v) is 6.77. The molecular formula is C22H28IN3O4S. The number of likely N-dealkylation sites (N-methyl/N-ethyl adjacent to an activating group) is 1. The van der Waals surface area contributed by atoms with Gasteiger partial charge in [0.05, 0.1) is 11.9 Å². The van der Waals surface area contributed by atoms with Crippen LogP contribution in [0.4, 0.5) is 5.69 Å². The van der Waals surface area contributed by atoms with Crippen LogP contribution >= 0.6 is 22.6 Å². The Hall–Kier alpha value is -2.14. The summed E-state index contributed by atoms with van der Waals surface area (Å²) in [4.78, 5) is 27.3. The van der Waals surface area contributed by atoms with Crippen molar-refractivity contribution in [3.05, 3.63) is 63.7 Å². The molecule has 2 aromatic carbocycles. The van der Waals surface area contributed by atoms with Gasteiger partial charge in [-0.25, -0.2) is 8.42 Å². The molecule has 0 aliphatic rings. The highest BCUT2D eigenvalue weighted by Gasteiger charge is 2.30. The van der Waals surface area contributed by atoms with Gasteiger partial charge in [0.25, 0.3) is 0 Å². The molecule has 2 amide bonds. The first-order chi connectivity index (χ1) is 14.7. The first-order valence-electron chi connectivity index (χ1n) is 9.95. The van der Waals surface area contributed by atoms with E-state index in [0.29, 0.717) is 25.1 Å². The second-order valence-electron chi connectivity index (χ2n) is 7.11. The number of nitrogens with one attached hydrogen (secondary N) is 1. The molecule has 0 saturated heterocycles. The SMILES string of the molecule is CC[C@H](C(=O)NC)N(CCc1ccccc1)C(=O)CN(c1ccc(I)cc1)S(C)(=O)=O. The van der Waals surface area contributed by atoms with E-state index in [2.05, 4.69) is 27.9 Å². The number of carbonyl (C=O) groups excluding carboxylic acids is 2. The summed E-state index contributed by atoms with van der Waals surface area (Å²) in [6, 6.07) is 15.9. The van der Waals surface area contributed by atoms with E-state index in [9.17, 15) is 18.0 Å². The predicted molar refractivity (Wildman–Crippen MR) is 131 cm³/mol. The normalized spacial score (nSPS) is 12.1. The summed E-state index contributed by atoms with van der Waals surface area (Å²) in [6.45, 7) is 1.76. The summed E-state index contributed by atoms with van der Waals surface area (Å²) in [5.74, 6) is -0.695. The molecule has 0 unspecified atom stereocenters. The van der Waals surface area contributed by atoms with Gasteiger partial charge in [0.1, 0.15) is 12.6 Å². The number of anilines is 1. The molecule has 0 radical (unpaired) electrons. The quantitative estimate of drug-likeness (QED) is 0.456. The minimum atomic E-state index is -3.70. The highest BCUT2D eigenvalue weighted by atomic mass is 127. The Bertz CT molecular complexity index is 982. The van der Waals surface area contributed by atoms with Crippen molar-refractivity contribution >= 4 is 50.1 Å². The lowest BCUT2D eigenvalue weighted by atomic mass is 10.1. The minimum absolute atomic E-state index is 0.274. The van der Waals surface area contributed by atoms with E-state index in [4.69, 9.17) is 0 Å². The molecule has 0 spiro atoms. The number of halogens is 1. The lowest BCUT2D eigenvalue weighted by Crippen LogP contribution is -2.52. The Kier molecular flexibility index (Phi) is 9.30. The van der Waals surface area contributed by atoms with Crippen LogP contribution in [0.3, 0.4) is 0 Å². The van der Waals surface area contributed by atoms with E-state index in [1.165, 1.54) is 11.9 Å². The minimum Gasteiger partial charge on any atom is -0.357 e. The van der Waals surface area contributed by atoms with Gasteiger partial charge in [0, 0.05) is 17.2 Å². The van der Waals surface area contributed by atoms with Crippen LogP contribution < -0.4 is 9.62 Å². The number of sulfonamides is 1. The molecule has 0 saturated carbocycles. The largest absolute Gasteiger partial charge is 0.357 e. The van der Waals surface area contributed by atoms with Crippen molar-refractivity contribution in [2.75, 3.05) is 30.7 Å². The van der Waals surface area contributed by atoms with Crippen LogP contribution in [0.25, 0.3) is 0 Å². The Morgan fingerprint density at radius 3 is 2.19 bits per heavy atom. The van der Waals surface area contributed by atoms with Crippen LogP contribution in [-0.4, -0.2) is 57.6 Å². The molecule has 0 aliphatic heterocycles. The van der Waals surface area contributed by atoms with Crippen molar-refractivity contribution in [3.63, 3.8) is 0 Å². The van der Waals surface area contributed by atoms with Gasteiger partial charge in [-0.05, 0) is 65.3 Å². The summed E-state index contributed by atoms with van der Waals surface area (Å²) in [7, 11) is -2.17. The maximum absolute atomic E-state index is 13.3. The fraction of sp³-hybridized carbons (Fsp3) is 0.364. The highest BCUT2D eigenvalue weighted by molar-refractivity contribution is 14.1. The standard InChI is InChI=1S/C22H28IN3O4S/c1-4-20(22(28)24-2)25(15-14-17-8-6-5-7-9-17)21(27)16-26(31(3,29)30)19-12-10-18(23)11-13-19/h5-13,20H,4,14-16H2,1-3H3,(H,24,28)/t20-/m1/s1. The van der Waals surface area contributed by atoms with E-state index in [-0.39, 0.29) is 12.5 Å². The average molecular weight is 557 g/mol. The lowest BCUT2D eigenvalue weighted by Gasteiger charge is -2.32. The monoisotopic (exact) mass is 557 g/mol. The fourth-order valence-electron chi connectivity index (χ4n) is 3.28. The Morgan fingerprint density at radius 1 is 1.06 bits per heavy atom. The lowest BCUT2D eigenvalue weighted by molar-refractivity contribution is -0.139. The molecule has 168 valence electrons. The third kappa shape index (κ3) is 7.20. The third-order valence-electron chi connectivity index (χ3n) is 4.91. The molecule has 7 nitrogen and oxygen atoms in total. The van der Waals surface area contributed by atoms with Gasteiger partial charge >= 0.3 is 0 Å². The van der Waals surface area contributed by atoms with Crippen molar-refractivity contribution in [2.45, 2.75) is 25.8 Å². The molecule has 31 heavy (non-hydrogen) atoms. The van der Waals surface area contributed by atoms with E-state index >= 15 is 0 Å². The van der Waals surface area contributed by atoms with E-state index in [1.54, 1.807) is 24.3 Å². The molecule has 2 rings (SSSR count). The number of hydrogen-bond donors (Lipinski definition) is 1. The maximum Gasteiger partial charge on any atom is 0.244 e. The Labute approximate surface area is 198 Å². The number of benzene rings is 2. The number of rotatable bonds is 10. The molecule has 0 aromatic heterocycles. The molecule has 2 aromatic rings. The van der Waals surface area contributed by atoms with Gasteiger partial charge < -0.3 is 10.2 Å². The molecule has 0 aliphatic carbocycles. The van der Waals surface area contributed by atoms with Crippen molar-refractivity contribution in [1.82, 2.24) is 10.2 Å². The van der Waals surface area contributed by atoms with Crippen LogP contribution in [0.1, 0.15) is 18.9 Å². The summed E-state index contributed by atoms with van der Waals surface area (Å²) in [5, 5.41) is 2.61. The Balaban J connectivity index is 2.32. The molecule has 0 heterocycles. The van der Waals surface area contributed by atoms with Crippen molar-refractivity contribution < 1.29 is 18.0 Å². The predicted octanol–water partition coefficient (Wildman–Crippen LogP) is 2.65. The van der Waals surface area contributed by atoms with E-state index in [0.717, 1.165) is 19.7 Å². The van der Waals surface area contributed by atoms with Crippen LogP contribution in [0, 0.1) is 3.57 Å². The zero-order valence-electron chi connectivity index (χ0n) is 17.9. The highest BCUT2D eigenvalue weighted by Crippen LogP contribution is 2.20. The fourth-order valence-corrected chi connectivity index (χ4v) is 4.49. The first-order valence-corrected chi connectivity index (χ1v) is 12.9. The zero-order chi connectivity index (χ0) is 23.0. The number of amides is 2. The molecule has 9 heteroatoms.